The Kier molecular flexibility index (Phi) is 9.03. The van der Waals surface area contributed by atoms with Gasteiger partial charge in [-0.3, -0.25) is 9.52 Å². The lowest BCUT2D eigenvalue weighted by Crippen LogP contribution is -2.39. The molecule has 220 valence electrons. The number of anilines is 4. The number of aliphatic hydroxyl groups is 1. The molecule has 10 nitrogen and oxygen atoms in total. The predicted octanol–water partition coefficient (Wildman–Crippen LogP) is 3.93. The molecule has 2 aliphatic heterocycles. The van der Waals surface area contributed by atoms with E-state index in [4.69, 9.17) is 5.11 Å². The molecule has 3 N–H and O–H groups in total. The molecule has 2 aliphatic rings. The van der Waals surface area contributed by atoms with Gasteiger partial charge in [0.25, 0.3) is 17.9 Å². The molecule has 2 fully saturated rings. The Bertz CT molecular complexity index is 1470. The fourth-order valence-electron chi connectivity index (χ4n) is 4.66. The van der Waals surface area contributed by atoms with Gasteiger partial charge in [-0.2, -0.15) is 14.0 Å². The molecule has 0 atom stereocenters. The van der Waals surface area contributed by atoms with Crippen molar-refractivity contribution in [3.05, 3.63) is 53.1 Å². The lowest BCUT2D eigenvalue weighted by molar-refractivity contribution is -0.0221. The largest absolute Gasteiger partial charge is 0.395 e. The molecular formula is C26H28F4N6O4S. The van der Waals surface area contributed by atoms with E-state index in [0.717, 1.165) is 0 Å². The van der Waals surface area contributed by atoms with Gasteiger partial charge in [-0.05, 0) is 48.7 Å². The molecule has 2 saturated heterocycles. The lowest BCUT2D eigenvalue weighted by Gasteiger charge is -2.33. The summed E-state index contributed by atoms with van der Waals surface area (Å²) >= 11 is 0. The van der Waals surface area contributed by atoms with Crippen molar-refractivity contribution in [2.45, 2.75) is 31.6 Å². The Morgan fingerprint density at radius 3 is 2.37 bits per heavy atom. The van der Waals surface area contributed by atoms with Gasteiger partial charge in [0, 0.05) is 39.0 Å². The minimum absolute atomic E-state index is 0.00317. The molecule has 0 spiro atoms. The number of hydrogen-bond acceptors (Lipinski definition) is 8. The summed E-state index contributed by atoms with van der Waals surface area (Å²) in [4.78, 5) is 21.1. The average molecular weight is 597 g/mol. The number of alkyl halides is 2. The summed E-state index contributed by atoms with van der Waals surface area (Å²) < 4.78 is 80.2. The number of piperidine rings is 2. The summed E-state index contributed by atoms with van der Waals surface area (Å²) in [6.07, 6.45) is -2.39. The third kappa shape index (κ3) is 7.65. The highest BCUT2D eigenvalue weighted by atomic mass is 32.2. The van der Waals surface area contributed by atoms with E-state index in [1.807, 2.05) is 6.07 Å². The van der Waals surface area contributed by atoms with Gasteiger partial charge >= 0.3 is 0 Å². The molecule has 0 saturated carbocycles. The van der Waals surface area contributed by atoms with Crippen LogP contribution in [0, 0.1) is 11.3 Å². The van der Waals surface area contributed by atoms with Crippen molar-refractivity contribution in [2.75, 3.05) is 58.4 Å². The quantitative estimate of drug-likeness (QED) is 0.390. The van der Waals surface area contributed by atoms with Crippen molar-refractivity contribution in [3.63, 3.8) is 0 Å². The van der Waals surface area contributed by atoms with E-state index in [1.54, 1.807) is 9.80 Å². The van der Waals surface area contributed by atoms with Crippen LogP contribution in [0.15, 0.2) is 42.0 Å². The minimum Gasteiger partial charge on any atom is -0.395 e. The molecule has 1 aromatic heterocycles. The summed E-state index contributed by atoms with van der Waals surface area (Å²) in [5.74, 6) is -3.73. The van der Waals surface area contributed by atoms with Crippen molar-refractivity contribution in [1.29, 1.82) is 5.26 Å². The predicted molar refractivity (Wildman–Crippen MR) is 145 cm³/mol. The van der Waals surface area contributed by atoms with Crippen molar-refractivity contribution in [2.24, 2.45) is 0 Å². The van der Waals surface area contributed by atoms with Crippen molar-refractivity contribution < 1.29 is 35.9 Å². The second-order valence-electron chi connectivity index (χ2n) is 9.74. The van der Waals surface area contributed by atoms with Gasteiger partial charge in [0.15, 0.2) is 0 Å². The number of nitrogens with one attached hydrogen (secondary N) is 2. The number of pyridine rings is 1. The number of aromatic nitrogens is 1. The van der Waals surface area contributed by atoms with Crippen molar-refractivity contribution in [1.82, 2.24) is 4.98 Å². The van der Waals surface area contributed by atoms with Crippen LogP contribution in [0.2, 0.25) is 0 Å². The molecule has 4 rings (SSSR count). The number of sulfonamides is 1. The van der Waals surface area contributed by atoms with Gasteiger partial charge in [0.2, 0.25) is 10.0 Å². The van der Waals surface area contributed by atoms with E-state index in [-0.39, 0.29) is 91.6 Å². The number of nitrogens with zero attached hydrogens (tertiary/aromatic N) is 4. The van der Waals surface area contributed by atoms with Gasteiger partial charge in [-0.15, -0.1) is 0 Å². The summed E-state index contributed by atoms with van der Waals surface area (Å²) in [5, 5.41) is 21.1. The zero-order valence-electron chi connectivity index (χ0n) is 21.8. The minimum atomic E-state index is -3.88. The third-order valence-corrected chi connectivity index (χ3v) is 8.12. The second-order valence-corrected chi connectivity index (χ2v) is 11.6. The summed E-state index contributed by atoms with van der Waals surface area (Å²) in [6.45, 7) is -0.275. The highest BCUT2D eigenvalue weighted by Gasteiger charge is 2.34. The number of nitriles is 1. The molecule has 2 aromatic rings. The first-order chi connectivity index (χ1) is 19.4. The highest BCUT2D eigenvalue weighted by molar-refractivity contribution is 7.92. The van der Waals surface area contributed by atoms with Crippen molar-refractivity contribution >= 4 is 38.9 Å². The Morgan fingerprint density at radius 2 is 1.76 bits per heavy atom. The number of carbonyl (C=O) groups excluding carboxylic acids is 1. The van der Waals surface area contributed by atoms with E-state index in [2.05, 4.69) is 15.0 Å². The van der Waals surface area contributed by atoms with E-state index in [9.17, 15) is 36.0 Å². The zero-order chi connectivity index (χ0) is 29.8. The molecule has 3 heterocycles. The molecular weight excluding hydrogens is 568 g/mol. The SMILES string of the molecule is N#Cc1cc(NC(=O)c2ccc(NS(=O)(=O)CCO)cc2N2CCC(=C(F)F)CC2)nc(N2CCC(F)(F)CC2)c1. The van der Waals surface area contributed by atoms with Crippen LogP contribution in [0.4, 0.5) is 40.6 Å². The molecule has 0 bridgehead atoms. The van der Waals surface area contributed by atoms with Crippen LogP contribution in [0.3, 0.4) is 0 Å². The number of amides is 1. The lowest BCUT2D eigenvalue weighted by atomic mass is 10.0. The Hall–Kier alpha value is -3.90. The first-order valence-corrected chi connectivity index (χ1v) is 14.4. The number of rotatable bonds is 8. The highest BCUT2D eigenvalue weighted by Crippen LogP contribution is 2.33. The van der Waals surface area contributed by atoms with Crippen LogP contribution < -0.4 is 19.8 Å². The third-order valence-electron chi connectivity index (χ3n) is 6.85. The van der Waals surface area contributed by atoms with E-state index in [1.165, 1.54) is 30.3 Å². The summed E-state index contributed by atoms with van der Waals surface area (Å²) in [6, 6.07) is 8.87. The maximum absolute atomic E-state index is 13.6. The smallest absolute Gasteiger partial charge is 0.269 e. The van der Waals surface area contributed by atoms with Crippen molar-refractivity contribution in [3.8, 4) is 6.07 Å². The maximum atomic E-state index is 13.6. The van der Waals surface area contributed by atoms with Gasteiger partial charge in [0.1, 0.15) is 11.6 Å². The molecule has 0 unspecified atom stereocenters. The normalized spacial score (nSPS) is 17.1. The monoisotopic (exact) mass is 596 g/mol. The topological polar surface area (TPSA) is 139 Å². The average Bonchev–Trinajstić information content (AvgIpc) is 2.92. The van der Waals surface area contributed by atoms with Gasteiger partial charge in [-0.25, -0.2) is 22.2 Å². The van der Waals surface area contributed by atoms with Crippen LogP contribution in [0.1, 0.15) is 41.6 Å². The second kappa shape index (κ2) is 12.3. The fourth-order valence-corrected chi connectivity index (χ4v) is 5.49. The van der Waals surface area contributed by atoms with Gasteiger partial charge < -0.3 is 20.2 Å². The summed E-state index contributed by atoms with van der Waals surface area (Å²) in [5.41, 5.74) is 0.635. The standard InChI is InChI=1S/C26H28F4N6O4S/c27-24(28)18-3-7-35(8-4-18)21-15-19(34-41(39,40)12-11-37)1-2-20(21)25(38)33-22-13-17(16-31)14-23(32-22)36-9-5-26(29,30)6-10-36/h1-2,13-15,34,37H,3-12H2,(H,32,33,38). The first-order valence-electron chi connectivity index (χ1n) is 12.8. The number of benzene rings is 1. The molecule has 15 heteroatoms. The Balaban J connectivity index is 1.63. The fraction of sp³-hybridized carbons (Fsp3) is 0.423. The van der Waals surface area contributed by atoms with Gasteiger partial charge in [-0.1, -0.05) is 0 Å². The number of halogens is 4. The zero-order valence-corrected chi connectivity index (χ0v) is 22.7. The molecule has 1 amide bonds. The van der Waals surface area contributed by atoms with Gasteiger partial charge in [0.05, 0.1) is 40.9 Å². The molecule has 41 heavy (non-hydrogen) atoms. The van der Waals surface area contributed by atoms with Crippen LogP contribution in [-0.4, -0.2) is 68.9 Å². The molecule has 0 aliphatic carbocycles. The van der Waals surface area contributed by atoms with E-state index < -0.39 is 40.3 Å². The van der Waals surface area contributed by atoms with Crippen LogP contribution in [0.5, 0.6) is 0 Å². The van der Waals surface area contributed by atoms with E-state index in [0.29, 0.717) is 0 Å². The molecule has 0 radical (unpaired) electrons. The first kappa shape index (κ1) is 30.1. The number of carbonyl (C=O) groups is 1. The van der Waals surface area contributed by atoms with E-state index >= 15 is 0 Å². The van der Waals surface area contributed by atoms with Crippen LogP contribution in [0.25, 0.3) is 0 Å². The molecule has 1 aromatic carbocycles. The maximum Gasteiger partial charge on any atom is 0.269 e. The van der Waals surface area contributed by atoms with Crippen LogP contribution >= 0.6 is 0 Å². The Morgan fingerprint density at radius 1 is 1.07 bits per heavy atom. The number of hydrogen-bond donors (Lipinski definition) is 3. The number of aliphatic hydroxyl groups excluding tert-OH is 1. The summed E-state index contributed by atoms with van der Waals surface area (Å²) in [7, 11) is -3.88. The van der Waals surface area contributed by atoms with Crippen LogP contribution in [-0.2, 0) is 10.0 Å². The Labute approximate surface area is 234 Å².